The number of ether oxygens (including phenoxy) is 1. The summed E-state index contributed by atoms with van der Waals surface area (Å²) in [6.45, 7) is 0. The van der Waals surface area contributed by atoms with Gasteiger partial charge in [-0.05, 0) is 23.6 Å². The van der Waals surface area contributed by atoms with Crippen LogP contribution in [0.2, 0.25) is 0 Å². The Morgan fingerprint density at radius 3 is 2.72 bits per heavy atom. The van der Waals surface area contributed by atoms with Crippen molar-refractivity contribution in [3.05, 3.63) is 41.8 Å². The van der Waals surface area contributed by atoms with Crippen molar-refractivity contribution in [2.75, 3.05) is 5.43 Å². The van der Waals surface area contributed by atoms with Crippen LogP contribution in [-0.4, -0.2) is 9.97 Å². The molecule has 0 unspecified atom stereocenters. The molecule has 0 saturated heterocycles. The highest BCUT2D eigenvalue weighted by Gasteiger charge is 2.10. The van der Waals surface area contributed by atoms with Crippen molar-refractivity contribution in [3.63, 3.8) is 0 Å². The number of rotatable bonds is 3. The molecule has 0 radical (unpaired) electrons. The third kappa shape index (κ3) is 1.99. The molecule has 0 saturated carbocycles. The van der Waals surface area contributed by atoms with E-state index in [0.29, 0.717) is 11.8 Å². The molecule has 0 aliphatic rings. The van der Waals surface area contributed by atoms with Crippen LogP contribution in [0.4, 0.5) is 5.95 Å². The fourth-order valence-electron chi connectivity index (χ4n) is 1.57. The molecule has 0 amide bonds. The molecule has 0 atom stereocenters. The summed E-state index contributed by atoms with van der Waals surface area (Å²) >= 11 is 1.51. The van der Waals surface area contributed by atoms with Gasteiger partial charge in [0.2, 0.25) is 11.8 Å². The van der Waals surface area contributed by atoms with E-state index in [1.165, 1.54) is 11.3 Å². The van der Waals surface area contributed by atoms with E-state index in [9.17, 15) is 0 Å². The first-order valence-electron chi connectivity index (χ1n) is 5.31. The Hall–Kier alpha value is -2.18. The maximum atomic E-state index is 5.75. The van der Waals surface area contributed by atoms with Crippen molar-refractivity contribution < 1.29 is 4.74 Å². The number of benzene rings is 1. The monoisotopic (exact) mass is 258 g/mol. The minimum absolute atomic E-state index is 0.343. The molecule has 0 aliphatic heterocycles. The standard InChI is InChI=1S/C12H10N4OS/c13-16-12-14-10(9-6-7-18-11(9)15-12)17-8-4-2-1-3-5-8/h1-7H,13H2,(H,14,15,16). The van der Waals surface area contributed by atoms with Gasteiger partial charge in [-0.15, -0.1) is 11.3 Å². The molecule has 3 N–H and O–H groups in total. The molecule has 90 valence electrons. The quantitative estimate of drug-likeness (QED) is 0.558. The molecule has 3 rings (SSSR count). The second kappa shape index (κ2) is 4.59. The van der Waals surface area contributed by atoms with E-state index in [0.717, 1.165) is 16.0 Å². The van der Waals surface area contributed by atoms with Gasteiger partial charge in [-0.2, -0.15) is 4.98 Å². The largest absolute Gasteiger partial charge is 0.438 e. The summed E-state index contributed by atoms with van der Waals surface area (Å²) in [5.74, 6) is 6.92. The number of anilines is 1. The average Bonchev–Trinajstić information content (AvgIpc) is 2.88. The van der Waals surface area contributed by atoms with Crippen molar-refractivity contribution in [3.8, 4) is 11.6 Å². The SMILES string of the molecule is NNc1nc(Oc2ccccc2)c2ccsc2n1. The molecule has 1 aromatic carbocycles. The minimum Gasteiger partial charge on any atom is -0.438 e. The van der Waals surface area contributed by atoms with E-state index in [2.05, 4.69) is 15.4 Å². The van der Waals surface area contributed by atoms with E-state index < -0.39 is 0 Å². The number of nitrogen functional groups attached to an aromatic ring is 1. The lowest BCUT2D eigenvalue weighted by molar-refractivity contribution is 0.469. The Kier molecular flexibility index (Phi) is 2.79. The molecule has 0 aliphatic carbocycles. The molecule has 0 bridgehead atoms. The molecule has 6 heteroatoms. The number of nitrogens with two attached hydrogens (primary N) is 1. The zero-order chi connectivity index (χ0) is 12.4. The first-order chi connectivity index (χ1) is 8.86. The first-order valence-corrected chi connectivity index (χ1v) is 6.19. The molecule has 18 heavy (non-hydrogen) atoms. The number of aromatic nitrogens is 2. The topological polar surface area (TPSA) is 73.1 Å². The molecular weight excluding hydrogens is 248 g/mol. The number of nitrogens with zero attached hydrogens (tertiary/aromatic N) is 2. The fraction of sp³-hybridized carbons (Fsp3) is 0. The third-order valence-electron chi connectivity index (χ3n) is 2.38. The zero-order valence-corrected chi connectivity index (χ0v) is 10.1. The lowest BCUT2D eigenvalue weighted by Crippen LogP contribution is -2.10. The molecule has 3 aromatic rings. The van der Waals surface area contributed by atoms with Gasteiger partial charge in [0, 0.05) is 0 Å². The van der Waals surface area contributed by atoms with E-state index >= 15 is 0 Å². The maximum absolute atomic E-state index is 5.75. The molecular formula is C12H10N4OS. The van der Waals surface area contributed by atoms with Crippen LogP contribution < -0.4 is 16.0 Å². The van der Waals surface area contributed by atoms with Gasteiger partial charge in [-0.1, -0.05) is 18.2 Å². The number of para-hydroxylation sites is 1. The second-order valence-corrected chi connectivity index (χ2v) is 4.45. The molecule has 5 nitrogen and oxygen atoms in total. The lowest BCUT2D eigenvalue weighted by atomic mass is 10.3. The Morgan fingerprint density at radius 1 is 1.11 bits per heavy atom. The number of fused-ring (bicyclic) bond motifs is 1. The van der Waals surface area contributed by atoms with Gasteiger partial charge in [0.25, 0.3) is 0 Å². The van der Waals surface area contributed by atoms with Gasteiger partial charge in [0.05, 0.1) is 5.39 Å². The summed E-state index contributed by atoms with van der Waals surface area (Å²) in [6, 6.07) is 11.4. The van der Waals surface area contributed by atoms with E-state index in [-0.39, 0.29) is 0 Å². The predicted molar refractivity (Wildman–Crippen MR) is 71.7 cm³/mol. The van der Waals surface area contributed by atoms with Crippen LogP contribution in [0.3, 0.4) is 0 Å². The van der Waals surface area contributed by atoms with Crippen LogP contribution in [0.15, 0.2) is 41.8 Å². The first kappa shape index (κ1) is 10.9. The van der Waals surface area contributed by atoms with Crippen LogP contribution in [0.5, 0.6) is 11.6 Å². The van der Waals surface area contributed by atoms with Crippen molar-refractivity contribution in [2.24, 2.45) is 5.84 Å². The lowest BCUT2D eigenvalue weighted by Gasteiger charge is -2.07. The summed E-state index contributed by atoms with van der Waals surface area (Å²) in [5.41, 5.74) is 2.44. The summed E-state index contributed by atoms with van der Waals surface area (Å²) in [5, 5.41) is 2.82. The van der Waals surface area contributed by atoms with E-state index in [1.54, 1.807) is 0 Å². The Bertz CT molecular complexity index is 668. The van der Waals surface area contributed by atoms with Gasteiger partial charge < -0.3 is 4.74 Å². The number of nitrogens with one attached hydrogen (secondary N) is 1. The summed E-state index contributed by atoms with van der Waals surface area (Å²) < 4.78 is 5.75. The summed E-state index contributed by atoms with van der Waals surface area (Å²) in [7, 11) is 0. The van der Waals surface area contributed by atoms with Gasteiger partial charge >= 0.3 is 0 Å². The third-order valence-corrected chi connectivity index (χ3v) is 3.18. The fourth-order valence-corrected chi connectivity index (χ4v) is 2.33. The molecule has 0 spiro atoms. The summed E-state index contributed by atoms with van der Waals surface area (Å²) in [4.78, 5) is 9.31. The molecule has 0 fully saturated rings. The Labute approximate surface area is 107 Å². The van der Waals surface area contributed by atoms with Crippen LogP contribution in [0.1, 0.15) is 0 Å². The van der Waals surface area contributed by atoms with Gasteiger partial charge in [-0.3, -0.25) is 5.43 Å². The average molecular weight is 258 g/mol. The normalized spacial score (nSPS) is 10.5. The summed E-state index contributed by atoms with van der Waals surface area (Å²) in [6.07, 6.45) is 0. The minimum atomic E-state index is 0.343. The van der Waals surface area contributed by atoms with E-state index in [4.69, 9.17) is 10.6 Å². The highest BCUT2D eigenvalue weighted by Crippen LogP contribution is 2.30. The second-order valence-electron chi connectivity index (χ2n) is 3.55. The maximum Gasteiger partial charge on any atom is 0.241 e. The number of hydrogen-bond donors (Lipinski definition) is 2. The number of hydrogen-bond acceptors (Lipinski definition) is 6. The van der Waals surface area contributed by atoms with Crippen molar-refractivity contribution >= 4 is 27.5 Å². The number of hydrazine groups is 1. The Morgan fingerprint density at radius 2 is 1.94 bits per heavy atom. The van der Waals surface area contributed by atoms with Crippen LogP contribution in [-0.2, 0) is 0 Å². The zero-order valence-electron chi connectivity index (χ0n) is 9.33. The van der Waals surface area contributed by atoms with Crippen molar-refractivity contribution in [1.82, 2.24) is 9.97 Å². The Balaban J connectivity index is 2.07. The van der Waals surface area contributed by atoms with Gasteiger partial charge in [0.1, 0.15) is 10.6 Å². The van der Waals surface area contributed by atoms with Gasteiger partial charge in [0.15, 0.2) is 0 Å². The predicted octanol–water partition coefficient (Wildman–Crippen LogP) is 2.77. The number of thiophene rings is 1. The van der Waals surface area contributed by atoms with Crippen molar-refractivity contribution in [2.45, 2.75) is 0 Å². The van der Waals surface area contributed by atoms with E-state index in [1.807, 2.05) is 41.8 Å². The van der Waals surface area contributed by atoms with Gasteiger partial charge in [-0.25, -0.2) is 10.8 Å². The van der Waals surface area contributed by atoms with Crippen LogP contribution >= 0.6 is 11.3 Å². The highest BCUT2D eigenvalue weighted by molar-refractivity contribution is 7.16. The highest BCUT2D eigenvalue weighted by atomic mass is 32.1. The molecule has 2 heterocycles. The van der Waals surface area contributed by atoms with Crippen LogP contribution in [0.25, 0.3) is 10.2 Å². The molecule has 2 aromatic heterocycles. The smallest absolute Gasteiger partial charge is 0.241 e. The van der Waals surface area contributed by atoms with Crippen LogP contribution in [0, 0.1) is 0 Å². The van der Waals surface area contributed by atoms with Crippen molar-refractivity contribution in [1.29, 1.82) is 0 Å².